The molecule has 0 unspecified atom stereocenters. The molecular weight excluding hydrogens is 376 g/mol. The molecule has 5 nitrogen and oxygen atoms in total. The number of methoxy groups -OCH3 is 1. The van der Waals surface area contributed by atoms with E-state index >= 15 is 0 Å². The average Bonchev–Trinajstić information content (AvgIpc) is 2.68. The SMILES string of the molecule is COCc1cc(CNc2cc(C(F)(F)F)nc(-c3ccncc3)n2)ccc1F. The summed E-state index contributed by atoms with van der Waals surface area (Å²) in [6.07, 6.45) is -1.73. The van der Waals surface area contributed by atoms with Crippen molar-refractivity contribution in [3.63, 3.8) is 0 Å². The van der Waals surface area contributed by atoms with Crippen LogP contribution < -0.4 is 5.32 Å². The minimum atomic E-state index is -4.62. The van der Waals surface area contributed by atoms with Crippen LogP contribution in [0.3, 0.4) is 0 Å². The molecule has 0 bridgehead atoms. The first kappa shape index (κ1) is 19.7. The number of anilines is 1. The molecule has 0 spiro atoms. The number of halogens is 4. The van der Waals surface area contributed by atoms with Crippen LogP contribution in [0.4, 0.5) is 23.4 Å². The molecule has 0 amide bonds. The molecule has 2 heterocycles. The van der Waals surface area contributed by atoms with E-state index in [1.54, 1.807) is 6.07 Å². The van der Waals surface area contributed by atoms with Crippen molar-refractivity contribution in [3.05, 3.63) is 71.4 Å². The van der Waals surface area contributed by atoms with Crippen molar-refractivity contribution in [2.24, 2.45) is 0 Å². The molecule has 0 saturated heterocycles. The topological polar surface area (TPSA) is 59.9 Å². The molecule has 0 aliphatic heterocycles. The first-order valence-corrected chi connectivity index (χ1v) is 8.23. The van der Waals surface area contributed by atoms with Gasteiger partial charge in [0.05, 0.1) is 6.61 Å². The molecule has 0 aliphatic rings. The molecular formula is C19H16F4N4O. The van der Waals surface area contributed by atoms with Crippen LogP contribution in [-0.2, 0) is 24.1 Å². The van der Waals surface area contributed by atoms with Gasteiger partial charge < -0.3 is 10.1 Å². The molecule has 28 heavy (non-hydrogen) atoms. The van der Waals surface area contributed by atoms with Crippen LogP contribution in [0.15, 0.2) is 48.8 Å². The maximum absolute atomic E-state index is 13.7. The number of benzene rings is 1. The second-order valence-electron chi connectivity index (χ2n) is 5.91. The third kappa shape index (κ3) is 4.80. The Bertz CT molecular complexity index is 948. The highest BCUT2D eigenvalue weighted by Crippen LogP contribution is 2.30. The van der Waals surface area contributed by atoms with Crippen LogP contribution >= 0.6 is 0 Å². The van der Waals surface area contributed by atoms with Crippen LogP contribution in [-0.4, -0.2) is 22.1 Å². The molecule has 1 aromatic carbocycles. The Balaban J connectivity index is 1.88. The third-order valence-corrected chi connectivity index (χ3v) is 3.84. The molecule has 0 saturated carbocycles. The number of rotatable bonds is 6. The monoisotopic (exact) mass is 392 g/mol. The summed E-state index contributed by atoms with van der Waals surface area (Å²) in [6, 6.07) is 8.30. The summed E-state index contributed by atoms with van der Waals surface area (Å²) in [5.41, 5.74) is 0.383. The Morgan fingerprint density at radius 2 is 1.79 bits per heavy atom. The average molecular weight is 392 g/mol. The second-order valence-corrected chi connectivity index (χ2v) is 5.91. The van der Waals surface area contributed by atoms with Gasteiger partial charge >= 0.3 is 6.18 Å². The molecule has 0 fully saturated rings. The van der Waals surface area contributed by atoms with Gasteiger partial charge in [-0.25, -0.2) is 14.4 Å². The number of nitrogens with one attached hydrogen (secondary N) is 1. The summed E-state index contributed by atoms with van der Waals surface area (Å²) in [4.78, 5) is 11.6. The van der Waals surface area contributed by atoms with Gasteiger partial charge in [0.15, 0.2) is 11.5 Å². The molecule has 9 heteroatoms. The van der Waals surface area contributed by atoms with E-state index in [9.17, 15) is 17.6 Å². The second kappa shape index (κ2) is 8.30. The minimum Gasteiger partial charge on any atom is -0.380 e. The van der Waals surface area contributed by atoms with Gasteiger partial charge in [-0.3, -0.25) is 4.98 Å². The predicted molar refractivity (Wildman–Crippen MR) is 94.7 cm³/mol. The highest BCUT2D eigenvalue weighted by atomic mass is 19.4. The van der Waals surface area contributed by atoms with Crippen LogP contribution in [0.2, 0.25) is 0 Å². The van der Waals surface area contributed by atoms with Crippen LogP contribution in [0.5, 0.6) is 0 Å². The predicted octanol–water partition coefficient (Wildman–Crippen LogP) is 4.46. The zero-order chi connectivity index (χ0) is 20.1. The van der Waals surface area contributed by atoms with Crippen LogP contribution in [0.25, 0.3) is 11.4 Å². The Morgan fingerprint density at radius 1 is 1.04 bits per heavy atom. The molecule has 0 aliphatic carbocycles. The Labute approximate surface area is 158 Å². The highest BCUT2D eigenvalue weighted by molar-refractivity contribution is 5.57. The maximum Gasteiger partial charge on any atom is 0.433 e. The van der Waals surface area contributed by atoms with E-state index in [0.29, 0.717) is 16.7 Å². The van der Waals surface area contributed by atoms with Gasteiger partial charge in [0.25, 0.3) is 0 Å². The summed E-state index contributed by atoms with van der Waals surface area (Å²) in [5.74, 6) is -0.474. The molecule has 1 N–H and O–H groups in total. The van der Waals surface area contributed by atoms with Gasteiger partial charge in [-0.1, -0.05) is 6.07 Å². The van der Waals surface area contributed by atoms with Crippen molar-refractivity contribution in [2.75, 3.05) is 12.4 Å². The molecule has 3 aromatic rings. The number of pyridine rings is 1. The smallest absolute Gasteiger partial charge is 0.380 e. The summed E-state index contributed by atoms with van der Waals surface area (Å²) in [6.45, 7) is 0.249. The molecule has 0 radical (unpaired) electrons. The molecule has 3 rings (SSSR count). The lowest BCUT2D eigenvalue weighted by Gasteiger charge is -2.12. The number of nitrogens with zero attached hydrogens (tertiary/aromatic N) is 3. The van der Waals surface area contributed by atoms with E-state index < -0.39 is 17.7 Å². The lowest BCUT2D eigenvalue weighted by molar-refractivity contribution is -0.141. The number of hydrogen-bond donors (Lipinski definition) is 1. The largest absolute Gasteiger partial charge is 0.433 e. The van der Waals surface area contributed by atoms with Gasteiger partial charge in [0.1, 0.15) is 11.6 Å². The van der Waals surface area contributed by atoms with Crippen molar-refractivity contribution in [2.45, 2.75) is 19.3 Å². The van der Waals surface area contributed by atoms with E-state index in [1.165, 1.54) is 43.8 Å². The van der Waals surface area contributed by atoms with E-state index in [-0.39, 0.29) is 24.8 Å². The van der Waals surface area contributed by atoms with Gasteiger partial charge in [0, 0.05) is 43.2 Å². The van der Waals surface area contributed by atoms with E-state index in [0.717, 1.165) is 6.07 Å². The van der Waals surface area contributed by atoms with Crippen LogP contribution in [0.1, 0.15) is 16.8 Å². The van der Waals surface area contributed by atoms with Gasteiger partial charge in [-0.15, -0.1) is 0 Å². The fourth-order valence-corrected chi connectivity index (χ4v) is 2.51. The van der Waals surface area contributed by atoms with E-state index in [2.05, 4.69) is 20.3 Å². The molecule has 2 aromatic heterocycles. The third-order valence-electron chi connectivity index (χ3n) is 3.84. The highest BCUT2D eigenvalue weighted by Gasteiger charge is 2.33. The normalized spacial score (nSPS) is 11.5. The first-order chi connectivity index (χ1) is 13.4. The minimum absolute atomic E-state index is 0.00625. The quantitative estimate of drug-likeness (QED) is 0.628. The lowest BCUT2D eigenvalue weighted by atomic mass is 10.1. The van der Waals surface area contributed by atoms with Crippen molar-refractivity contribution in [1.82, 2.24) is 15.0 Å². The van der Waals surface area contributed by atoms with Crippen molar-refractivity contribution in [1.29, 1.82) is 0 Å². The summed E-state index contributed by atoms with van der Waals surface area (Å²) in [7, 11) is 1.45. The number of hydrogen-bond acceptors (Lipinski definition) is 5. The van der Waals surface area contributed by atoms with E-state index in [4.69, 9.17) is 4.74 Å². The van der Waals surface area contributed by atoms with Crippen molar-refractivity contribution in [3.8, 4) is 11.4 Å². The van der Waals surface area contributed by atoms with E-state index in [1.807, 2.05) is 0 Å². The standard InChI is InChI=1S/C19H16F4N4O/c1-28-11-14-8-12(2-3-15(14)20)10-25-17-9-16(19(21,22)23)26-18(27-17)13-4-6-24-7-5-13/h2-9H,10-11H2,1H3,(H,25,26,27). The Kier molecular flexibility index (Phi) is 5.84. The first-order valence-electron chi connectivity index (χ1n) is 8.23. The summed E-state index contributed by atoms with van der Waals surface area (Å²) in [5, 5.41) is 2.84. The number of alkyl halides is 3. The number of ether oxygens (including phenoxy) is 1. The zero-order valence-corrected chi connectivity index (χ0v) is 14.8. The fourth-order valence-electron chi connectivity index (χ4n) is 2.51. The number of aromatic nitrogens is 3. The van der Waals surface area contributed by atoms with Gasteiger partial charge in [-0.05, 0) is 29.8 Å². The molecule has 0 atom stereocenters. The van der Waals surface area contributed by atoms with Crippen molar-refractivity contribution >= 4 is 5.82 Å². The summed E-state index contributed by atoms with van der Waals surface area (Å²) < 4.78 is 58.3. The fraction of sp³-hybridized carbons (Fsp3) is 0.211. The molecule has 146 valence electrons. The maximum atomic E-state index is 13.7. The lowest BCUT2D eigenvalue weighted by Crippen LogP contribution is -2.12. The van der Waals surface area contributed by atoms with Gasteiger partial charge in [0.2, 0.25) is 0 Å². The summed E-state index contributed by atoms with van der Waals surface area (Å²) >= 11 is 0. The Morgan fingerprint density at radius 3 is 2.46 bits per heavy atom. The van der Waals surface area contributed by atoms with Crippen molar-refractivity contribution < 1.29 is 22.3 Å². The van der Waals surface area contributed by atoms with Crippen LogP contribution in [0, 0.1) is 5.82 Å². The Hall–Kier alpha value is -3.07. The van der Waals surface area contributed by atoms with Gasteiger partial charge in [-0.2, -0.15) is 13.2 Å². The zero-order valence-electron chi connectivity index (χ0n) is 14.8.